The first-order chi connectivity index (χ1) is 14.1. The van der Waals surface area contributed by atoms with Gasteiger partial charge in [0.1, 0.15) is 12.4 Å². The van der Waals surface area contributed by atoms with E-state index in [0.717, 1.165) is 16.8 Å². The highest BCUT2D eigenvalue weighted by Crippen LogP contribution is 2.46. The zero-order valence-electron chi connectivity index (χ0n) is 16.2. The number of methoxy groups -OCH3 is 1. The average molecular weight is 407 g/mol. The van der Waals surface area contributed by atoms with E-state index < -0.39 is 11.9 Å². The van der Waals surface area contributed by atoms with Gasteiger partial charge in [-0.2, -0.15) is 0 Å². The number of carbonyl (C=O) groups excluding carboxylic acids is 2. The average Bonchev–Trinajstić information content (AvgIpc) is 3.12. The van der Waals surface area contributed by atoms with Gasteiger partial charge in [0.2, 0.25) is 5.12 Å². The Labute approximate surface area is 173 Å². The topological polar surface area (TPSA) is 64.6 Å². The van der Waals surface area contributed by atoms with Crippen LogP contribution in [0.2, 0.25) is 0 Å². The van der Waals surface area contributed by atoms with Gasteiger partial charge in [-0.25, -0.2) is 4.79 Å². The number of esters is 1. The number of dihydropyridines is 1. The van der Waals surface area contributed by atoms with Crippen LogP contribution in [-0.2, 0) is 20.9 Å². The highest BCUT2D eigenvalue weighted by Gasteiger charge is 2.41. The lowest BCUT2D eigenvalue weighted by atomic mass is 9.80. The minimum absolute atomic E-state index is 0.0238. The van der Waals surface area contributed by atoms with Crippen LogP contribution in [0.25, 0.3) is 0 Å². The maximum atomic E-state index is 12.7. The minimum atomic E-state index is -0.520. The Kier molecular flexibility index (Phi) is 5.45. The van der Waals surface area contributed by atoms with E-state index in [1.807, 2.05) is 61.5 Å². The van der Waals surface area contributed by atoms with Crippen LogP contribution in [0.15, 0.2) is 77.1 Å². The SMILES string of the molecule is COC(=O)C1=C(C)NC2=C(C(=O)SC2)[C@H]1c1ccccc1OCc1ccccc1. The van der Waals surface area contributed by atoms with Gasteiger partial charge in [0.05, 0.1) is 18.6 Å². The third kappa shape index (κ3) is 3.68. The number of benzene rings is 2. The molecule has 2 heterocycles. The van der Waals surface area contributed by atoms with Crippen molar-refractivity contribution in [3.8, 4) is 5.75 Å². The summed E-state index contributed by atoms with van der Waals surface area (Å²) in [5.74, 6) is 0.250. The van der Waals surface area contributed by atoms with Gasteiger partial charge >= 0.3 is 5.97 Å². The molecule has 1 atom stereocenters. The van der Waals surface area contributed by atoms with Crippen LogP contribution >= 0.6 is 11.8 Å². The standard InChI is InChI=1S/C23H21NO4S/c1-14-19(22(25)27-2)20(21-17(24-14)13-29-23(21)26)16-10-6-7-11-18(16)28-12-15-8-4-3-5-9-15/h3-11,20,24H,12-13H2,1-2H3/t20-/m0/s1. The second kappa shape index (κ2) is 8.17. The van der Waals surface area contributed by atoms with Crippen LogP contribution in [0.1, 0.15) is 24.0 Å². The van der Waals surface area contributed by atoms with Gasteiger partial charge in [0.15, 0.2) is 0 Å². The molecule has 0 radical (unpaired) electrons. The molecule has 0 fully saturated rings. The van der Waals surface area contributed by atoms with E-state index in [0.29, 0.717) is 35.0 Å². The molecule has 0 bridgehead atoms. The van der Waals surface area contributed by atoms with Gasteiger partial charge in [-0.05, 0) is 18.6 Å². The summed E-state index contributed by atoms with van der Waals surface area (Å²) in [4.78, 5) is 25.3. The van der Waals surface area contributed by atoms with Crippen molar-refractivity contribution in [2.75, 3.05) is 12.9 Å². The summed E-state index contributed by atoms with van der Waals surface area (Å²) in [6.07, 6.45) is 0. The number of ether oxygens (including phenoxy) is 2. The maximum Gasteiger partial charge on any atom is 0.336 e. The van der Waals surface area contributed by atoms with Crippen LogP contribution in [0.3, 0.4) is 0 Å². The molecule has 148 valence electrons. The van der Waals surface area contributed by atoms with Crippen LogP contribution in [0.4, 0.5) is 0 Å². The lowest BCUT2D eigenvalue weighted by Gasteiger charge is -2.29. The second-order valence-electron chi connectivity index (χ2n) is 6.87. The smallest absolute Gasteiger partial charge is 0.336 e. The van der Waals surface area contributed by atoms with Crippen molar-refractivity contribution in [3.05, 3.63) is 88.3 Å². The first-order valence-electron chi connectivity index (χ1n) is 9.32. The molecule has 0 saturated heterocycles. The molecule has 2 aromatic carbocycles. The summed E-state index contributed by atoms with van der Waals surface area (Å²) in [6.45, 7) is 2.23. The minimum Gasteiger partial charge on any atom is -0.489 e. The van der Waals surface area contributed by atoms with Crippen molar-refractivity contribution < 1.29 is 19.1 Å². The number of rotatable bonds is 5. The lowest BCUT2D eigenvalue weighted by Crippen LogP contribution is -2.30. The Morgan fingerprint density at radius 2 is 1.86 bits per heavy atom. The molecular weight excluding hydrogens is 386 g/mol. The molecule has 0 saturated carbocycles. The van der Waals surface area contributed by atoms with E-state index >= 15 is 0 Å². The van der Waals surface area contributed by atoms with Crippen molar-refractivity contribution >= 4 is 22.8 Å². The van der Waals surface area contributed by atoms with E-state index in [4.69, 9.17) is 9.47 Å². The summed E-state index contributed by atoms with van der Waals surface area (Å²) in [5, 5.41) is 3.20. The number of para-hydroxylation sites is 1. The second-order valence-corrected chi connectivity index (χ2v) is 7.82. The number of thioether (sulfide) groups is 1. The zero-order valence-corrected chi connectivity index (χ0v) is 17.0. The van der Waals surface area contributed by atoms with Gasteiger partial charge < -0.3 is 14.8 Å². The third-order valence-corrected chi connectivity index (χ3v) is 6.00. The number of hydrogen-bond acceptors (Lipinski definition) is 6. The molecule has 0 aliphatic carbocycles. The predicted octanol–water partition coefficient (Wildman–Crippen LogP) is 3.93. The Morgan fingerprint density at radius 3 is 2.62 bits per heavy atom. The first kappa shape index (κ1) is 19.3. The summed E-state index contributed by atoms with van der Waals surface area (Å²) in [6, 6.07) is 17.4. The van der Waals surface area contributed by atoms with E-state index in [-0.39, 0.29) is 5.12 Å². The molecule has 5 nitrogen and oxygen atoms in total. The largest absolute Gasteiger partial charge is 0.489 e. The van der Waals surface area contributed by atoms with Gasteiger partial charge in [0.25, 0.3) is 0 Å². The van der Waals surface area contributed by atoms with Crippen molar-refractivity contribution in [2.45, 2.75) is 19.4 Å². The molecule has 0 amide bonds. The number of carbonyl (C=O) groups is 2. The summed E-state index contributed by atoms with van der Waals surface area (Å²) >= 11 is 1.25. The summed E-state index contributed by atoms with van der Waals surface area (Å²) < 4.78 is 11.2. The van der Waals surface area contributed by atoms with E-state index in [2.05, 4.69) is 5.32 Å². The van der Waals surface area contributed by atoms with Gasteiger partial charge in [-0.1, -0.05) is 60.3 Å². The molecule has 6 heteroatoms. The Bertz CT molecular complexity index is 1030. The van der Waals surface area contributed by atoms with Crippen LogP contribution in [0, 0.1) is 0 Å². The Balaban J connectivity index is 1.77. The molecule has 0 aromatic heterocycles. The predicted molar refractivity (Wildman–Crippen MR) is 112 cm³/mol. The molecular formula is C23H21NO4S. The van der Waals surface area contributed by atoms with Crippen LogP contribution < -0.4 is 10.1 Å². The van der Waals surface area contributed by atoms with Crippen LogP contribution in [-0.4, -0.2) is 23.9 Å². The monoisotopic (exact) mass is 407 g/mol. The molecule has 0 unspecified atom stereocenters. The fraction of sp³-hybridized carbons (Fsp3) is 0.217. The van der Waals surface area contributed by atoms with Gasteiger partial charge in [0, 0.05) is 28.3 Å². The van der Waals surface area contributed by atoms with Crippen LogP contribution in [0.5, 0.6) is 5.75 Å². The van der Waals surface area contributed by atoms with Crippen molar-refractivity contribution in [2.24, 2.45) is 0 Å². The fourth-order valence-electron chi connectivity index (χ4n) is 3.74. The normalized spacial score (nSPS) is 18.4. The number of allylic oxidation sites excluding steroid dienone is 1. The molecule has 29 heavy (non-hydrogen) atoms. The van der Waals surface area contributed by atoms with Crippen molar-refractivity contribution in [3.63, 3.8) is 0 Å². The van der Waals surface area contributed by atoms with Crippen molar-refractivity contribution in [1.82, 2.24) is 5.32 Å². The highest BCUT2D eigenvalue weighted by atomic mass is 32.2. The number of hydrogen-bond donors (Lipinski definition) is 1. The maximum absolute atomic E-state index is 12.7. The molecule has 1 N–H and O–H groups in total. The van der Waals surface area contributed by atoms with E-state index in [1.54, 1.807) is 0 Å². The molecule has 2 aromatic rings. The Morgan fingerprint density at radius 1 is 1.14 bits per heavy atom. The van der Waals surface area contributed by atoms with Gasteiger partial charge in [-0.3, -0.25) is 4.79 Å². The molecule has 2 aliphatic rings. The molecule has 4 rings (SSSR count). The zero-order chi connectivity index (χ0) is 20.4. The summed E-state index contributed by atoms with van der Waals surface area (Å²) in [7, 11) is 1.35. The molecule has 0 spiro atoms. The fourth-order valence-corrected chi connectivity index (χ4v) is 4.64. The summed E-state index contributed by atoms with van der Waals surface area (Å²) in [5.41, 5.74) is 4.43. The highest BCUT2D eigenvalue weighted by molar-refractivity contribution is 8.14. The quantitative estimate of drug-likeness (QED) is 0.758. The first-order valence-corrected chi connectivity index (χ1v) is 10.3. The van der Waals surface area contributed by atoms with E-state index in [1.165, 1.54) is 18.9 Å². The van der Waals surface area contributed by atoms with Crippen molar-refractivity contribution in [1.29, 1.82) is 0 Å². The van der Waals surface area contributed by atoms with E-state index in [9.17, 15) is 9.59 Å². The van der Waals surface area contributed by atoms with Gasteiger partial charge in [-0.15, -0.1) is 0 Å². The Hall–Kier alpha value is -2.99. The molecule has 2 aliphatic heterocycles. The lowest BCUT2D eigenvalue weighted by molar-refractivity contribution is -0.136. The number of nitrogens with one attached hydrogen (secondary N) is 1. The third-order valence-electron chi connectivity index (χ3n) is 5.08.